The third kappa shape index (κ3) is 2.78. The van der Waals surface area contributed by atoms with Crippen molar-refractivity contribution in [2.24, 2.45) is 5.16 Å². The van der Waals surface area contributed by atoms with Crippen molar-refractivity contribution in [3.05, 3.63) is 35.9 Å². The Hall–Kier alpha value is -1.84. The maximum Gasteiger partial charge on any atom is 0.232 e. The molecule has 0 radical (unpaired) electrons. The maximum absolute atomic E-state index is 12.6. The molecule has 0 atom stereocenters. The van der Waals surface area contributed by atoms with Crippen LogP contribution in [0.2, 0.25) is 0 Å². The predicted molar refractivity (Wildman–Crippen MR) is 74.5 cm³/mol. The van der Waals surface area contributed by atoms with Crippen LogP contribution < -0.4 is 0 Å². The molecule has 2 rings (SSSR count). The number of likely N-dealkylation sites (tertiary alicyclic amines) is 1. The third-order valence-electron chi connectivity index (χ3n) is 3.80. The molecule has 4 heteroatoms. The van der Waals surface area contributed by atoms with E-state index in [1.54, 1.807) is 0 Å². The first-order valence-electron chi connectivity index (χ1n) is 6.60. The largest absolute Gasteiger partial charge is 0.411 e. The Morgan fingerprint density at radius 1 is 1.21 bits per heavy atom. The number of hydrogen-bond donors (Lipinski definition) is 1. The van der Waals surface area contributed by atoms with Crippen molar-refractivity contribution >= 4 is 11.6 Å². The topological polar surface area (TPSA) is 52.9 Å². The first kappa shape index (κ1) is 13.6. The lowest BCUT2D eigenvalue weighted by molar-refractivity contribution is -0.136. The van der Waals surface area contributed by atoms with Crippen molar-refractivity contribution in [1.82, 2.24) is 4.90 Å². The van der Waals surface area contributed by atoms with E-state index in [0.29, 0.717) is 25.9 Å². The predicted octanol–water partition coefficient (Wildman–Crippen LogP) is 2.42. The van der Waals surface area contributed by atoms with Crippen molar-refractivity contribution in [2.45, 2.75) is 32.1 Å². The molecule has 1 aliphatic rings. The highest BCUT2D eigenvalue weighted by Crippen LogP contribution is 2.26. The summed E-state index contributed by atoms with van der Waals surface area (Å²) in [5.74, 6) is 0.135. The van der Waals surface area contributed by atoms with E-state index in [9.17, 15) is 4.79 Å². The lowest BCUT2D eigenvalue weighted by atomic mass is 9.82. The lowest BCUT2D eigenvalue weighted by Crippen LogP contribution is -2.47. The number of benzene rings is 1. The second kappa shape index (κ2) is 5.43. The molecule has 1 heterocycles. The van der Waals surface area contributed by atoms with E-state index in [0.717, 1.165) is 11.3 Å². The van der Waals surface area contributed by atoms with Crippen LogP contribution >= 0.6 is 0 Å². The standard InChI is InChI=1S/C15H20N2O2/c1-15(2,12-6-4-3-5-7-12)14(18)17-10-8-13(16-19)9-11-17/h3-7,19H,8-11H2,1-2H3. The van der Waals surface area contributed by atoms with Gasteiger partial charge in [0.1, 0.15) is 0 Å². The fourth-order valence-corrected chi connectivity index (χ4v) is 2.44. The van der Waals surface area contributed by atoms with Gasteiger partial charge in [0.25, 0.3) is 0 Å². The lowest BCUT2D eigenvalue weighted by Gasteiger charge is -2.34. The minimum atomic E-state index is -0.519. The zero-order valence-electron chi connectivity index (χ0n) is 11.5. The average molecular weight is 260 g/mol. The van der Waals surface area contributed by atoms with Crippen LogP contribution in [-0.2, 0) is 10.2 Å². The van der Waals surface area contributed by atoms with E-state index in [1.165, 1.54) is 0 Å². The highest BCUT2D eigenvalue weighted by atomic mass is 16.4. The summed E-state index contributed by atoms with van der Waals surface area (Å²) in [7, 11) is 0. The molecule has 102 valence electrons. The van der Waals surface area contributed by atoms with Crippen molar-refractivity contribution in [3.8, 4) is 0 Å². The molecule has 0 spiro atoms. The summed E-state index contributed by atoms with van der Waals surface area (Å²) in [6.07, 6.45) is 1.32. The van der Waals surface area contributed by atoms with Gasteiger partial charge in [-0.3, -0.25) is 4.79 Å². The summed E-state index contributed by atoms with van der Waals surface area (Å²) in [5.41, 5.74) is 1.29. The number of carbonyl (C=O) groups excluding carboxylic acids is 1. The zero-order valence-corrected chi connectivity index (χ0v) is 11.5. The van der Waals surface area contributed by atoms with Gasteiger partial charge >= 0.3 is 0 Å². The fraction of sp³-hybridized carbons (Fsp3) is 0.467. The maximum atomic E-state index is 12.6. The van der Waals surface area contributed by atoms with Gasteiger partial charge in [0.05, 0.1) is 11.1 Å². The summed E-state index contributed by atoms with van der Waals surface area (Å²) in [4.78, 5) is 14.5. The first-order chi connectivity index (χ1) is 9.05. The SMILES string of the molecule is CC(C)(C(=O)N1CCC(=NO)CC1)c1ccccc1. The van der Waals surface area contributed by atoms with Crippen LogP contribution in [0.3, 0.4) is 0 Å². The summed E-state index contributed by atoms with van der Waals surface area (Å²) in [5, 5.41) is 12.0. The molecule has 0 bridgehead atoms. The average Bonchev–Trinajstić information content (AvgIpc) is 2.47. The summed E-state index contributed by atoms with van der Waals surface area (Å²) >= 11 is 0. The van der Waals surface area contributed by atoms with Crippen molar-refractivity contribution in [1.29, 1.82) is 0 Å². The summed E-state index contributed by atoms with van der Waals surface area (Å²) in [6.45, 7) is 5.18. The molecule has 1 fully saturated rings. The van der Waals surface area contributed by atoms with Gasteiger partial charge in [-0.1, -0.05) is 35.5 Å². The van der Waals surface area contributed by atoms with E-state index in [2.05, 4.69) is 5.16 Å². The molecular weight excluding hydrogens is 240 g/mol. The quantitative estimate of drug-likeness (QED) is 0.656. The van der Waals surface area contributed by atoms with E-state index in [4.69, 9.17) is 5.21 Å². The number of amides is 1. The van der Waals surface area contributed by atoms with Gasteiger partial charge in [-0.05, 0) is 19.4 Å². The van der Waals surface area contributed by atoms with E-state index in [-0.39, 0.29) is 5.91 Å². The molecule has 1 N–H and O–H groups in total. The normalized spacial score (nSPS) is 16.3. The molecule has 0 saturated carbocycles. The van der Waals surface area contributed by atoms with Crippen LogP contribution in [0.4, 0.5) is 0 Å². The smallest absolute Gasteiger partial charge is 0.232 e. The molecule has 1 aromatic carbocycles. The number of rotatable bonds is 2. The van der Waals surface area contributed by atoms with E-state index < -0.39 is 5.41 Å². The number of nitrogens with zero attached hydrogens (tertiary/aromatic N) is 2. The minimum Gasteiger partial charge on any atom is -0.411 e. The zero-order chi connectivity index (χ0) is 13.9. The van der Waals surface area contributed by atoms with Crippen LogP contribution in [0.15, 0.2) is 35.5 Å². The molecule has 4 nitrogen and oxygen atoms in total. The van der Waals surface area contributed by atoms with Gasteiger partial charge in [0.15, 0.2) is 0 Å². The van der Waals surface area contributed by atoms with Gasteiger partial charge in [0.2, 0.25) is 5.91 Å². The van der Waals surface area contributed by atoms with Crippen LogP contribution in [0, 0.1) is 0 Å². The number of oxime groups is 1. The van der Waals surface area contributed by atoms with E-state index >= 15 is 0 Å². The number of hydrogen-bond acceptors (Lipinski definition) is 3. The molecule has 1 amide bonds. The molecule has 1 aromatic rings. The molecule has 0 unspecified atom stereocenters. The van der Waals surface area contributed by atoms with Gasteiger partial charge in [-0.2, -0.15) is 0 Å². The van der Waals surface area contributed by atoms with Gasteiger partial charge < -0.3 is 10.1 Å². The van der Waals surface area contributed by atoms with Crippen LogP contribution in [0.25, 0.3) is 0 Å². The fourth-order valence-electron chi connectivity index (χ4n) is 2.44. The first-order valence-corrected chi connectivity index (χ1v) is 6.60. The Morgan fingerprint density at radius 3 is 2.32 bits per heavy atom. The van der Waals surface area contributed by atoms with Gasteiger partial charge in [-0.15, -0.1) is 0 Å². The molecule has 1 aliphatic heterocycles. The van der Waals surface area contributed by atoms with Crippen molar-refractivity contribution in [2.75, 3.05) is 13.1 Å². The Bertz CT molecular complexity index is 470. The third-order valence-corrected chi connectivity index (χ3v) is 3.80. The minimum absolute atomic E-state index is 0.135. The second-order valence-corrected chi connectivity index (χ2v) is 5.45. The molecule has 19 heavy (non-hydrogen) atoms. The summed E-state index contributed by atoms with van der Waals surface area (Å²) in [6, 6.07) is 9.84. The summed E-state index contributed by atoms with van der Waals surface area (Å²) < 4.78 is 0. The number of piperidine rings is 1. The Kier molecular flexibility index (Phi) is 3.88. The Morgan fingerprint density at radius 2 is 1.79 bits per heavy atom. The van der Waals surface area contributed by atoms with Crippen LogP contribution in [0.5, 0.6) is 0 Å². The molecule has 1 saturated heterocycles. The number of carbonyl (C=O) groups is 1. The van der Waals surface area contributed by atoms with Crippen LogP contribution in [0.1, 0.15) is 32.3 Å². The second-order valence-electron chi connectivity index (χ2n) is 5.45. The highest BCUT2D eigenvalue weighted by molar-refractivity contribution is 5.91. The van der Waals surface area contributed by atoms with Gasteiger partial charge in [0, 0.05) is 25.9 Å². The Balaban J connectivity index is 2.11. The van der Waals surface area contributed by atoms with Crippen molar-refractivity contribution < 1.29 is 10.0 Å². The highest BCUT2D eigenvalue weighted by Gasteiger charge is 2.34. The molecule has 0 aromatic heterocycles. The molecular formula is C15H20N2O2. The Labute approximate surface area is 113 Å². The molecule has 0 aliphatic carbocycles. The van der Waals surface area contributed by atoms with Gasteiger partial charge in [-0.25, -0.2) is 0 Å². The van der Waals surface area contributed by atoms with Crippen molar-refractivity contribution in [3.63, 3.8) is 0 Å². The van der Waals surface area contributed by atoms with E-state index in [1.807, 2.05) is 49.1 Å². The van der Waals surface area contributed by atoms with Crippen LogP contribution in [-0.4, -0.2) is 34.8 Å². The monoisotopic (exact) mass is 260 g/mol.